The highest BCUT2D eigenvalue weighted by Gasteiger charge is 2.38. The lowest BCUT2D eigenvalue weighted by Crippen LogP contribution is -2.23. The Balaban J connectivity index is 1.52. The maximum absolute atomic E-state index is 14.8. The number of benzene rings is 4. The van der Waals surface area contributed by atoms with E-state index in [1.807, 2.05) is 30.3 Å². The molecule has 0 saturated heterocycles. The summed E-state index contributed by atoms with van der Waals surface area (Å²) in [5.41, 5.74) is 0.838. The second kappa shape index (κ2) is 11.5. The topological polar surface area (TPSA) is 9.23 Å². The van der Waals surface area contributed by atoms with Crippen molar-refractivity contribution in [3.8, 4) is 28.7 Å². The van der Waals surface area contributed by atoms with Crippen LogP contribution >= 0.6 is 0 Å². The third-order valence-electron chi connectivity index (χ3n) is 5.71. The van der Waals surface area contributed by atoms with Crippen molar-refractivity contribution in [2.75, 3.05) is 0 Å². The molecule has 1 nitrogen and oxygen atoms in total. The lowest BCUT2D eigenvalue weighted by molar-refractivity contribution is -0.187. The molecule has 4 rings (SSSR count). The standard InChI is InChI=1S/C31H19F7O/c1-2-3-4-19-5-7-20(8-6-19)9-10-21-11-13-24(26(32)15-21)22-12-14-25(27(33)16-22)31(37,38)39-23-17-28(34)30(36)29(35)18-23/h2,5-8,11-18H,1,3-4H2. The summed E-state index contributed by atoms with van der Waals surface area (Å²) < 4.78 is 103. The first kappa shape index (κ1) is 27.5. The van der Waals surface area contributed by atoms with Crippen LogP contribution in [-0.4, -0.2) is 0 Å². The third-order valence-corrected chi connectivity index (χ3v) is 5.71. The molecule has 0 amide bonds. The lowest BCUT2D eigenvalue weighted by atomic mass is 10.0. The van der Waals surface area contributed by atoms with Gasteiger partial charge in [0.1, 0.15) is 17.4 Å². The van der Waals surface area contributed by atoms with Crippen LogP contribution in [0.25, 0.3) is 11.1 Å². The van der Waals surface area contributed by atoms with E-state index < -0.39 is 46.5 Å². The van der Waals surface area contributed by atoms with E-state index in [2.05, 4.69) is 23.2 Å². The number of rotatable bonds is 7. The van der Waals surface area contributed by atoms with Crippen LogP contribution in [0.15, 0.2) is 85.5 Å². The maximum atomic E-state index is 14.8. The van der Waals surface area contributed by atoms with Gasteiger partial charge >= 0.3 is 6.11 Å². The van der Waals surface area contributed by atoms with Crippen molar-refractivity contribution < 1.29 is 35.5 Å². The summed E-state index contributed by atoms with van der Waals surface area (Å²) >= 11 is 0. The fourth-order valence-corrected chi connectivity index (χ4v) is 3.71. The largest absolute Gasteiger partial charge is 0.429 e. The van der Waals surface area contributed by atoms with E-state index in [1.165, 1.54) is 12.1 Å². The number of hydrogen-bond donors (Lipinski definition) is 0. The number of halogens is 7. The minimum Gasteiger partial charge on any atom is -0.429 e. The van der Waals surface area contributed by atoms with Crippen LogP contribution in [0, 0.1) is 40.9 Å². The summed E-state index contributed by atoms with van der Waals surface area (Å²) in [5.74, 6) is -2.86. The number of alkyl halides is 2. The second-order valence-corrected chi connectivity index (χ2v) is 8.48. The van der Waals surface area contributed by atoms with Crippen LogP contribution in [0.2, 0.25) is 0 Å². The number of allylic oxidation sites excluding steroid dienone is 1. The first-order chi connectivity index (χ1) is 18.6. The molecule has 0 atom stereocenters. The Labute approximate surface area is 220 Å². The predicted octanol–water partition coefficient (Wildman–Crippen LogP) is 8.70. The van der Waals surface area contributed by atoms with Gasteiger partial charge in [0.05, 0.1) is 5.56 Å². The predicted molar refractivity (Wildman–Crippen MR) is 134 cm³/mol. The van der Waals surface area contributed by atoms with Crippen LogP contribution in [-0.2, 0) is 12.5 Å². The molecular weight excluding hydrogens is 521 g/mol. The Morgan fingerprint density at radius 3 is 1.97 bits per heavy atom. The van der Waals surface area contributed by atoms with Crippen LogP contribution in [0.5, 0.6) is 5.75 Å². The van der Waals surface area contributed by atoms with E-state index in [1.54, 1.807) is 0 Å². The zero-order valence-electron chi connectivity index (χ0n) is 20.2. The fraction of sp³-hybridized carbons (Fsp3) is 0.0968. The van der Waals surface area contributed by atoms with Crippen LogP contribution < -0.4 is 4.74 Å². The fourth-order valence-electron chi connectivity index (χ4n) is 3.71. The van der Waals surface area contributed by atoms with Gasteiger partial charge in [-0.15, -0.1) is 6.58 Å². The van der Waals surface area contributed by atoms with Gasteiger partial charge in [0.15, 0.2) is 17.5 Å². The van der Waals surface area contributed by atoms with Gasteiger partial charge in [0.25, 0.3) is 0 Å². The molecule has 8 heteroatoms. The first-order valence-corrected chi connectivity index (χ1v) is 11.6. The normalized spacial score (nSPS) is 11.1. The zero-order chi connectivity index (χ0) is 28.2. The van der Waals surface area contributed by atoms with Crippen molar-refractivity contribution in [1.29, 1.82) is 0 Å². The molecule has 4 aromatic carbocycles. The van der Waals surface area contributed by atoms with Crippen molar-refractivity contribution in [2.45, 2.75) is 19.0 Å². The van der Waals surface area contributed by atoms with Gasteiger partial charge in [-0.05, 0) is 60.4 Å². The van der Waals surface area contributed by atoms with Gasteiger partial charge in [-0.3, -0.25) is 0 Å². The Morgan fingerprint density at radius 1 is 0.718 bits per heavy atom. The van der Waals surface area contributed by atoms with E-state index in [-0.39, 0.29) is 23.3 Å². The summed E-state index contributed by atoms with van der Waals surface area (Å²) in [4.78, 5) is 0. The second-order valence-electron chi connectivity index (χ2n) is 8.48. The summed E-state index contributed by atoms with van der Waals surface area (Å²) in [7, 11) is 0. The van der Waals surface area contributed by atoms with E-state index in [0.29, 0.717) is 17.7 Å². The minimum atomic E-state index is -4.37. The minimum absolute atomic E-state index is 0.0435. The number of hydrogen-bond acceptors (Lipinski definition) is 1. The van der Waals surface area contributed by atoms with Crippen molar-refractivity contribution in [3.63, 3.8) is 0 Å². The lowest BCUT2D eigenvalue weighted by Gasteiger charge is -2.19. The Bertz CT molecular complexity index is 1560. The molecule has 198 valence electrons. The monoisotopic (exact) mass is 540 g/mol. The van der Waals surface area contributed by atoms with Gasteiger partial charge in [-0.2, -0.15) is 8.78 Å². The highest BCUT2D eigenvalue weighted by molar-refractivity contribution is 5.66. The Morgan fingerprint density at radius 2 is 1.36 bits per heavy atom. The molecule has 39 heavy (non-hydrogen) atoms. The molecule has 0 bridgehead atoms. The quantitative estimate of drug-likeness (QED) is 0.0986. The third kappa shape index (κ3) is 6.50. The average Bonchev–Trinajstić information content (AvgIpc) is 2.89. The summed E-state index contributed by atoms with van der Waals surface area (Å²) in [5, 5.41) is 0. The average molecular weight is 540 g/mol. The van der Waals surface area contributed by atoms with Gasteiger partial charge in [0.2, 0.25) is 0 Å². The summed E-state index contributed by atoms with van der Waals surface area (Å²) in [6.45, 7) is 3.69. The molecule has 0 saturated carbocycles. The van der Waals surface area contributed by atoms with Gasteiger partial charge in [-0.1, -0.05) is 42.2 Å². The van der Waals surface area contributed by atoms with Crippen molar-refractivity contribution in [1.82, 2.24) is 0 Å². The molecule has 0 aliphatic heterocycles. The highest BCUT2D eigenvalue weighted by Crippen LogP contribution is 2.36. The van der Waals surface area contributed by atoms with E-state index in [0.717, 1.165) is 36.1 Å². The summed E-state index contributed by atoms with van der Waals surface area (Å²) in [6.07, 6.45) is -0.815. The van der Waals surface area contributed by atoms with Gasteiger partial charge in [-0.25, -0.2) is 22.0 Å². The van der Waals surface area contributed by atoms with Crippen molar-refractivity contribution >= 4 is 0 Å². The Kier molecular flexibility index (Phi) is 8.10. The molecule has 0 fully saturated rings. The van der Waals surface area contributed by atoms with Gasteiger partial charge in [0, 0.05) is 28.8 Å². The van der Waals surface area contributed by atoms with Crippen molar-refractivity contribution in [3.05, 3.63) is 137 Å². The Hall–Kier alpha value is -4.51. The van der Waals surface area contributed by atoms with E-state index in [4.69, 9.17) is 0 Å². The van der Waals surface area contributed by atoms with Crippen LogP contribution in [0.3, 0.4) is 0 Å². The number of aryl methyl sites for hydroxylation is 1. The zero-order valence-corrected chi connectivity index (χ0v) is 20.2. The van der Waals surface area contributed by atoms with Crippen LogP contribution in [0.1, 0.15) is 28.7 Å². The molecule has 0 aromatic heterocycles. The van der Waals surface area contributed by atoms with E-state index in [9.17, 15) is 30.7 Å². The maximum Gasteiger partial charge on any atom is 0.429 e. The molecule has 4 aromatic rings. The number of ether oxygens (including phenoxy) is 1. The van der Waals surface area contributed by atoms with E-state index >= 15 is 0 Å². The first-order valence-electron chi connectivity index (χ1n) is 11.6. The molecule has 0 heterocycles. The SMILES string of the molecule is C=CCCc1ccc(C#Cc2ccc(-c3ccc(C(F)(F)Oc4cc(F)c(F)c(F)c4)c(F)c3)c(F)c2)cc1. The molecule has 0 radical (unpaired) electrons. The molecule has 0 spiro atoms. The molecule has 0 unspecified atom stereocenters. The molecular formula is C31H19F7O. The summed E-state index contributed by atoms with van der Waals surface area (Å²) in [6, 6.07) is 14.4. The molecule has 0 aliphatic carbocycles. The smallest absolute Gasteiger partial charge is 0.429 e. The molecule has 0 aliphatic rings. The van der Waals surface area contributed by atoms with Gasteiger partial charge < -0.3 is 4.74 Å². The highest BCUT2D eigenvalue weighted by atomic mass is 19.3. The van der Waals surface area contributed by atoms with Crippen molar-refractivity contribution in [2.24, 2.45) is 0 Å². The van der Waals surface area contributed by atoms with Crippen LogP contribution in [0.4, 0.5) is 30.7 Å². The molecule has 0 N–H and O–H groups in total.